The third kappa shape index (κ3) is 6.77. The number of aryl methyl sites for hydroxylation is 4. The van der Waals surface area contributed by atoms with Gasteiger partial charge in [0, 0.05) is 11.1 Å². The van der Waals surface area contributed by atoms with E-state index in [4.69, 9.17) is 10.2 Å². The molecule has 2 heterocycles. The first kappa shape index (κ1) is 32.6. The Hall–Kier alpha value is -6.59. The molecule has 8 rings (SSSR count). The van der Waals surface area contributed by atoms with Crippen molar-refractivity contribution in [2.45, 2.75) is 25.7 Å². The number of hydrogen-bond acceptors (Lipinski definition) is 3. The van der Waals surface area contributed by atoms with Gasteiger partial charge in [-0.15, -0.1) is 0 Å². The lowest BCUT2D eigenvalue weighted by molar-refractivity contribution is 0.103. The molecular formula is C47H38N4O. The van der Waals surface area contributed by atoms with Crippen molar-refractivity contribution < 1.29 is 4.79 Å². The minimum atomic E-state index is -0.0757. The molecule has 252 valence electrons. The van der Waals surface area contributed by atoms with E-state index in [1.54, 1.807) is 0 Å². The summed E-state index contributed by atoms with van der Waals surface area (Å²) in [5.74, 6) is -0.0757. The Bertz CT molecular complexity index is 2210. The first-order valence-electron chi connectivity index (χ1n) is 17.8. The Balaban J connectivity index is 1.39. The molecule has 0 N–H and O–H groups in total. The van der Waals surface area contributed by atoms with Crippen molar-refractivity contribution in [2.75, 3.05) is 0 Å². The Labute approximate surface area is 304 Å². The molecule has 0 unspecified atom stereocenters. The van der Waals surface area contributed by atoms with E-state index in [2.05, 4.69) is 72.8 Å². The standard InChI is InChI=1S/C47H38N4O/c52-47(43-41(33-31-35-19-7-1-8-20-35)48-50(39-27-15-5-16-28-39)45(43)37-23-11-3-12-24-37)44-42(34-32-36-21-9-2-10-22-36)49-51(40-29-17-6-18-30-40)46(44)38-25-13-4-14-26-38/h1-30H,31-34H2. The largest absolute Gasteiger partial charge is 0.288 e. The summed E-state index contributed by atoms with van der Waals surface area (Å²) in [6.07, 6.45) is 2.68. The highest BCUT2D eigenvalue weighted by Crippen LogP contribution is 2.37. The van der Waals surface area contributed by atoms with Gasteiger partial charge in [-0.3, -0.25) is 4.79 Å². The normalized spacial score (nSPS) is 11.1. The van der Waals surface area contributed by atoms with Gasteiger partial charge in [0.15, 0.2) is 0 Å². The van der Waals surface area contributed by atoms with Crippen LogP contribution in [-0.4, -0.2) is 25.3 Å². The zero-order chi connectivity index (χ0) is 35.1. The van der Waals surface area contributed by atoms with Gasteiger partial charge in [0.1, 0.15) is 0 Å². The molecule has 6 aromatic carbocycles. The van der Waals surface area contributed by atoms with E-state index in [0.29, 0.717) is 24.0 Å². The van der Waals surface area contributed by atoms with Gasteiger partial charge in [-0.05, 0) is 61.1 Å². The van der Waals surface area contributed by atoms with E-state index >= 15 is 4.79 Å². The second-order valence-electron chi connectivity index (χ2n) is 12.9. The van der Waals surface area contributed by atoms with Crippen LogP contribution in [0.15, 0.2) is 182 Å². The smallest absolute Gasteiger partial charge is 0.201 e. The van der Waals surface area contributed by atoms with E-state index in [1.165, 1.54) is 11.1 Å². The van der Waals surface area contributed by atoms with Crippen molar-refractivity contribution in [1.29, 1.82) is 0 Å². The van der Waals surface area contributed by atoms with E-state index in [1.807, 2.05) is 119 Å². The highest BCUT2D eigenvalue weighted by molar-refractivity contribution is 6.17. The number of rotatable bonds is 12. The maximum Gasteiger partial charge on any atom is 0.201 e. The lowest BCUT2D eigenvalue weighted by Gasteiger charge is -2.13. The molecule has 0 amide bonds. The molecule has 0 aliphatic rings. The number of aromatic nitrogens is 4. The summed E-state index contributed by atoms with van der Waals surface area (Å²) in [4.78, 5) is 15.9. The van der Waals surface area contributed by atoms with Crippen LogP contribution in [0.3, 0.4) is 0 Å². The van der Waals surface area contributed by atoms with E-state index in [9.17, 15) is 0 Å². The molecule has 0 fully saturated rings. The van der Waals surface area contributed by atoms with Crippen LogP contribution >= 0.6 is 0 Å². The maximum atomic E-state index is 15.9. The highest BCUT2D eigenvalue weighted by atomic mass is 16.1. The van der Waals surface area contributed by atoms with Gasteiger partial charge in [-0.2, -0.15) is 10.2 Å². The minimum Gasteiger partial charge on any atom is -0.288 e. The Morgan fingerprint density at radius 1 is 0.385 bits per heavy atom. The van der Waals surface area contributed by atoms with Crippen molar-refractivity contribution >= 4 is 5.78 Å². The van der Waals surface area contributed by atoms with Gasteiger partial charge in [-0.25, -0.2) is 9.36 Å². The summed E-state index contributed by atoms with van der Waals surface area (Å²) >= 11 is 0. The second kappa shape index (κ2) is 15.1. The molecule has 0 radical (unpaired) electrons. The summed E-state index contributed by atoms with van der Waals surface area (Å²) in [6.45, 7) is 0. The molecule has 0 aliphatic carbocycles. The monoisotopic (exact) mass is 674 g/mol. The zero-order valence-electron chi connectivity index (χ0n) is 28.8. The number of benzene rings is 6. The van der Waals surface area contributed by atoms with E-state index < -0.39 is 0 Å². The topological polar surface area (TPSA) is 52.7 Å². The molecule has 8 aromatic rings. The van der Waals surface area contributed by atoms with Crippen LogP contribution in [0.1, 0.15) is 38.4 Å². The first-order chi connectivity index (χ1) is 25.7. The second-order valence-corrected chi connectivity index (χ2v) is 12.9. The van der Waals surface area contributed by atoms with Gasteiger partial charge in [0.05, 0.1) is 45.3 Å². The van der Waals surface area contributed by atoms with Crippen LogP contribution in [0, 0.1) is 0 Å². The molecule has 5 heteroatoms. The van der Waals surface area contributed by atoms with Crippen molar-refractivity contribution in [3.05, 3.63) is 216 Å². The predicted octanol–water partition coefficient (Wildman–Crippen LogP) is 10.2. The van der Waals surface area contributed by atoms with Gasteiger partial charge in [-0.1, -0.05) is 158 Å². The van der Waals surface area contributed by atoms with Gasteiger partial charge in [0.2, 0.25) is 5.78 Å². The molecule has 0 saturated carbocycles. The number of carbonyl (C=O) groups is 1. The number of carbonyl (C=O) groups excluding carboxylic acids is 1. The molecule has 0 saturated heterocycles. The zero-order valence-corrected chi connectivity index (χ0v) is 28.8. The lowest BCUT2D eigenvalue weighted by Crippen LogP contribution is -2.11. The van der Waals surface area contributed by atoms with E-state index in [0.717, 1.165) is 58.1 Å². The average Bonchev–Trinajstić information content (AvgIpc) is 3.81. The van der Waals surface area contributed by atoms with E-state index in [-0.39, 0.29) is 5.78 Å². The predicted molar refractivity (Wildman–Crippen MR) is 209 cm³/mol. The molecule has 5 nitrogen and oxygen atoms in total. The van der Waals surface area contributed by atoms with Crippen molar-refractivity contribution in [2.24, 2.45) is 0 Å². The molecule has 0 spiro atoms. The van der Waals surface area contributed by atoms with Gasteiger partial charge in [0.25, 0.3) is 0 Å². The summed E-state index contributed by atoms with van der Waals surface area (Å²) in [5, 5.41) is 10.6. The Morgan fingerprint density at radius 3 is 1.04 bits per heavy atom. The summed E-state index contributed by atoms with van der Waals surface area (Å²) in [7, 11) is 0. The summed E-state index contributed by atoms with van der Waals surface area (Å²) in [5.41, 5.74) is 10.3. The number of ketones is 1. The highest BCUT2D eigenvalue weighted by Gasteiger charge is 2.33. The molecule has 2 aromatic heterocycles. The van der Waals surface area contributed by atoms with Crippen LogP contribution in [0.2, 0.25) is 0 Å². The van der Waals surface area contributed by atoms with Crippen LogP contribution in [0.4, 0.5) is 0 Å². The fourth-order valence-electron chi connectivity index (χ4n) is 6.93. The van der Waals surface area contributed by atoms with Crippen LogP contribution in [0.5, 0.6) is 0 Å². The molecular weight excluding hydrogens is 637 g/mol. The van der Waals surface area contributed by atoms with Crippen LogP contribution < -0.4 is 0 Å². The van der Waals surface area contributed by atoms with Crippen molar-refractivity contribution in [3.63, 3.8) is 0 Å². The molecule has 0 aliphatic heterocycles. The molecule has 0 atom stereocenters. The SMILES string of the molecule is O=C(c1c(CCc2ccccc2)nn(-c2ccccc2)c1-c1ccccc1)c1c(CCc2ccccc2)nn(-c2ccccc2)c1-c1ccccc1. The summed E-state index contributed by atoms with van der Waals surface area (Å²) in [6, 6.07) is 61.4. The fraction of sp³-hybridized carbons (Fsp3) is 0.0851. The van der Waals surface area contributed by atoms with Crippen molar-refractivity contribution in [1.82, 2.24) is 19.6 Å². The number of hydrogen-bond donors (Lipinski definition) is 0. The fourth-order valence-corrected chi connectivity index (χ4v) is 6.93. The van der Waals surface area contributed by atoms with Crippen molar-refractivity contribution in [3.8, 4) is 33.9 Å². The lowest BCUT2D eigenvalue weighted by atomic mass is 9.91. The molecule has 0 bridgehead atoms. The Kier molecular flexibility index (Phi) is 9.48. The van der Waals surface area contributed by atoms with Crippen LogP contribution in [0.25, 0.3) is 33.9 Å². The summed E-state index contributed by atoms with van der Waals surface area (Å²) < 4.78 is 3.91. The maximum absolute atomic E-state index is 15.9. The van der Waals surface area contributed by atoms with Crippen LogP contribution in [-0.2, 0) is 25.7 Å². The quantitative estimate of drug-likeness (QED) is 0.121. The Morgan fingerprint density at radius 2 is 0.692 bits per heavy atom. The number of para-hydroxylation sites is 2. The average molecular weight is 675 g/mol. The number of nitrogens with zero attached hydrogens (tertiary/aromatic N) is 4. The third-order valence-electron chi connectivity index (χ3n) is 9.45. The van der Waals surface area contributed by atoms with Gasteiger partial charge >= 0.3 is 0 Å². The molecule has 52 heavy (non-hydrogen) atoms. The third-order valence-corrected chi connectivity index (χ3v) is 9.45. The van der Waals surface area contributed by atoms with Gasteiger partial charge < -0.3 is 0 Å². The first-order valence-corrected chi connectivity index (χ1v) is 17.8. The minimum absolute atomic E-state index is 0.0757.